The molecule has 0 bridgehead atoms. The van der Waals surface area contributed by atoms with Gasteiger partial charge in [-0.25, -0.2) is 4.79 Å². The number of benzene rings is 1. The Morgan fingerprint density at radius 2 is 2.00 bits per heavy atom. The van der Waals surface area contributed by atoms with Crippen LogP contribution in [0.25, 0.3) is 10.1 Å². The Balaban J connectivity index is 2.68. The molecule has 2 aromatic rings. The van der Waals surface area contributed by atoms with E-state index in [1.165, 1.54) is 16.9 Å². The number of thiophene rings is 1. The highest BCUT2D eigenvalue weighted by molar-refractivity contribution is 7.17. The van der Waals surface area contributed by atoms with Crippen molar-refractivity contribution in [3.63, 3.8) is 0 Å². The molecule has 0 radical (unpaired) electrons. The maximum atomic E-state index is 11.0. The molecule has 0 saturated heterocycles. The van der Waals surface area contributed by atoms with Crippen LogP contribution < -0.4 is 0 Å². The minimum atomic E-state index is -0.850. The quantitative estimate of drug-likeness (QED) is 0.812. The van der Waals surface area contributed by atoms with Gasteiger partial charge in [0.1, 0.15) is 0 Å². The average Bonchev–Trinajstić information content (AvgIpc) is 2.58. The SMILES string of the molecule is CC(C)(C)c1ccc2scc(C(=O)O)c2c1. The van der Waals surface area contributed by atoms with Crippen molar-refractivity contribution in [2.45, 2.75) is 26.2 Å². The van der Waals surface area contributed by atoms with E-state index in [2.05, 4.69) is 26.8 Å². The summed E-state index contributed by atoms with van der Waals surface area (Å²) < 4.78 is 1.03. The molecular formula is C13H14O2S. The summed E-state index contributed by atoms with van der Waals surface area (Å²) >= 11 is 1.48. The molecule has 0 aliphatic rings. The largest absolute Gasteiger partial charge is 0.478 e. The van der Waals surface area contributed by atoms with E-state index in [-0.39, 0.29) is 5.41 Å². The molecule has 0 saturated carbocycles. The molecule has 0 aliphatic carbocycles. The number of carbonyl (C=O) groups is 1. The lowest BCUT2D eigenvalue weighted by molar-refractivity contribution is 0.0699. The van der Waals surface area contributed by atoms with Crippen LogP contribution in [0.2, 0.25) is 0 Å². The molecule has 0 amide bonds. The van der Waals surface area contributed by atoms with E-state index < -0.39 is 5.97 Å². The normalized spacial score (nSPS) is 11.9. The highest BCUT2D eigenvalue weighted by Gasteiger charge is 2.17. The molecule has 2 nitrogen and oxygen atoms in total. The van der Waals surface area contributed by atoms with Gasteiger partial charge in [-0.1, -0.05) is 26.8 Å². The molecule has 0 aliphatic heterocycles. The third-order valence-electron chi connectivity index (χ3n) is 2.67. The van der Waals surface area contributed by atoms with Crippen molar-refractivity contribution in [3.8, 4) is 0 Å². The van der Waals surface area contributed by atoms with Crippen LogP contribution in [0, 0.1) is 0 Å². The lowest BCUT2D eigenvalue weighted by Gasteiger charge is -2.18. The van der Waals surface area contributed by atoms with Crippen molar-refractivity contribution < 1.29 is 9.90 Å². The maximum absolute atomic E-state index is 11.0. The first-order valence-electron chi connectivity index (χ1n) is 5.14. The number of hydrogen-bond acceptors (Lipinski definition) is 2. The zero-order valence-electron chi connectivity index (χ0n) is 9.57. The molecule has 1 aromatic heterocycles. The zero-order chi connectivity index (χ0) is 11.9. The molecule has 1 heterocycles. The Bertz CT molecular complexity index is 547. The monoisotopic (exact) mass is 234 g/mol. The number of hydrogen-bond donors (Lipinski definition) is 1. The van der Waals surface area contributed by atoms with Crippen molar-refractivity contribution in [1.82, 2.24) is 0 Å². The summed E-state index contributed by atoms with van der Waals surface area (Å²) in [4.78, 5) is 11.0. The predicted molar refractivity (Wildman–Crippen MR) is 67.5 cm³/mol. The van der Waals surface area contributed by atoms with E-state index in [1.54, 1.807) is 5.38 Å². The second kappa shape index (κ2) is 3.59. The number of aromatic carboxylic acids is 1. The highest BCUT2D eigenvalue weighted by atomic mass is 32.1. The summed E-state index contributed by atoms with van der Waals surface area (Å²) in [5.41, 5.74) is 1.62. The van der Waals surface area contributed by atoms with Gasteiger partial charge >= 0.3 is 5.97 Å². The molecule has 3 heteroatoms. The van der Waals surface area contributed by atoms with Crippen LogP contribution in [0.1, 0.15) is 36.7 Å². The first kappa shape index (κ1) is 11.1. The van der Waals surface area contributed by atoms with E-state index in [4.69, 9.17) is 5.11 Å². The molecule has 16 heavy (non-hydrogen) atoms. The van der Waals surface area contributed by atoms with Gasteiger partial charge in [-0.05, 0) is 23.1 Å². The van der Waals surface area contributed by atoms with E-state index in [1.807, 2.05) is 12.1 Å². The Hall–Kier alpha value is -1.35. The van der Waals surface area contributed by atoms with Gasteiger partial charge in [0.05, 0.1) is 5.56 Å². The molecule has 84 valence electrons. The topological polar surface area (TPSA) is 37.3 Å². The lowest BCUT2D eigenvalue weighted by Crippen LogP contribution is -2.10. The van der Waals surface area contributed by atoms with Gasteiger partial charge < -0.3 is 5.11 Å². The summed E-state index contributed by atoms with van der Waals surface area (Å²) in [6.07, 6.45) is 0. The van der Waals surface area contributed by atoms with Gasteiger partial charge in [0.25, 0.3) is 0 Å². The van der Waals surface area contributed by atoms with Gasteiger partial charge in [-0.15, -0.1) is 11.3 Å². The van der Waals surface area contributed by atoms with Crippen molar-refractivity contribution in [2.75, 3.05) is 0 Å². The predicted octanol–water partition coefficient (Wildman–Crippen LogP) is 3.90. The highest BCUT2D eigenvalue weighted by Crippen LogP contribution is 2.31. The van der Waals surface area contributed by atoms with Crippen molar-refractivity contribution in [3.05, 3.63) is 34.7 Å². The van der Waals surface area contributed by atoms with Crippen molar-refractivity contribution in [2.24, 2.45) is 0 Å². The molecular weight excluding hydrogens is 220 g/mol. The van der Waals surface area contributed by atoms with Crippen LogP contribution in [-0.2, 0) is 5.41 Å². The smallest absolute Gasteiger partial charge is 0.337 e. The van der Waals surface area contributed by atoms with Crippen molar-refractivity contribution in [1.29, 1.82) is 0 Å². The van der Waals surface area contributed by atoms with Gasteiger partial charge in [-0.2, -0.15) is 0 Å². The summed E-state index contributed by atoms with van der Waals surface area (Å²) in [7, 11) is 0. The minimum absolute atomic E-state index is 0.0475. The number of rotatable bonds is 1. The van der Waals surface area contributed by atoms with Gasteiger partial charge in [-0.3, -0.25) is 0 Å². The number of fused-ring (bicyclic) bond motifs is 1. The van der Waals surface area contributed by atoms with Crippen molar-refractivity contribution >= 4 is 27.4 Å². The van der Waals surface area contributed by atoms with Gasteiger partial charge in [0, 0.05) is 15.5 Å². The molecule has 0 unspecified atom stereocenters. The van der Waals surface area contributed by atoms with Gasteiger partial charge in [0.2, 0.25) is 0 Å². The molecule has 1 aromatic carbocycles. The van der Waals surface area contributed by atoms with Crippen LogP contribution in [0.4, 0.5) is 0 Å². The standard InChI is InChI=1S/C13H14O2S/c1-13(2,3)8-4-5-11-9(6-8)10(7-16-11)12(14)15/h4-7H,1-3H3,(H,14,15). The molecule has 0 spiro atoms. The summed E-state index contributed by atoms with van der Waals surface area (Å²) in [6.45, 7) is 6.38. The summed E-state index contributed by atoms with van der Waals surface area (Å²) in [5, 5.41) is 11.6. The Labute approximate surface area is 98.5 Å². The van der Waals surface area contributed by atoms with Crippen LogP contribution in [0.5, 0.6) is 0 Å². The third kappa shape index (κ3) is 1.83. The number of carboxylic acids is 1. The summed E-state index contributed by atoms with van der Waals surface area (Å²) in [6, 6.07) is 6.08. The fourth-order valence-electron chi connectivity index (χ4n) is 1.66. The summed E-state index contributed by atoms with van der Waals surface area (Å²) in [5.74, 6) is -0.850. The molecule has 1 N–H and O–H groups in total. The minimum Gasteiger partial charge on any atom is -0.478 e. The molecule has 0 fully saturated rings. The second-order valence-electron chi connectivity index (χ2n) is 4.92. The van der Waals surface area contributed by atoms with Crippen LogP contribution >= 0.6 is 11.3 Å². The Morgan fingerprint density at radius 3 is 2.56 bits per heavy atom. The Kier molecular flexibility index (Phi) is 2.50. The van der Waals surface area contributed by atoms with Gasteiger partial charge in [0.15, 0.2) is 0 Å². The number of carboxylic acid groups (broad SMARTS) is 1. The molecule has 2 rings (SSSR count). The van der Waals surface area contributed by atoms with Crippen LogP contribution in [0.3, 0.4) is 0 Å². The lowest BCUT2D eigenvalue weighted by atomic mass is 9.86. The van der Waals surface area contributed by atoms with E-state index in [0.717, 1.165) is 10.1 Å². The van der Waals surface area contributed by atoms with Crippen LogP contribution in [-0.4, -0.2) is 11.1 Å². The molecule has 0 atom stereocenters. The van der Waals surface area contributed by atoms with E-state index in [9.17, 15) is 4.79 Å². The van der Waals surface area contributed by atoms with Crippen LogP contribution in [0.15, 0.2) is 23.6 Å². The van der Waals surface area contributed by atoms with E-state index >= 15 is 0 Å². The second-order valence-corrected chi connectivity index (χ2v) is 5.83. The Morgan fingerprint density at radius 1 is 1.31 bits per heavy atom. The maximum Gasteiger partial charge on any atom is 0.337 e. The first-order valence-corrected chi connectivity index (χ1v) is 6.02. The third-order valence-corrected chi connectivity index (χ3v) is 3.63. The fraction of sp³-hybridized carbons (Fsp3) is 0.308. The average molecular weight is 234 g/mol. The first-order chi connectivity index (χ1) is 7.39. The fourth-order valence-corrected chi connectivity index (χ4v) is 2.58. The van der Waals surface area contributed by atoms with E-state index in [0.29, 0.717) is 5.56 Å². The zero-order valence-corrected chi connectivity index (χ0v) is 10.4.